The van der Waals surface area contributed by atoms with Crippen molar-refractivity contribution in [1.82, 2.24) is 4.98 Å². The summed E-state index contributed by atoms with van der Waals surface area (Å²) in [6, 6.07) is 4.00. The van der Waals surface area contributed by atoms with Crippen LogP contribution in [0.2, 0.25) is 0 Å². The molecule has 0 aliphatic heterocycles. The predicted octanol–water partition coefficient (Wildman–Crippen LogP) is 3.11. The van der Waals surface area contributed by atoms with Gasteiger partial charge in [-0.2, -0.15) is 0 Å². The van der Waals surface area contributed by atoms with E-state index < -0.39 is 0 Å². The molecule has 1 heterocycles. The van der Waals surface area contributed by atoms with Crippen molar-refractivity contribution in [3.63, 3.8) is 0 Å². The number of fused-ring (bicyclic) bond motifs is 1. The summed E-state index contributed by atoms with van der Waals surface area (Å²) >= 11 is 5.11. The van der Waals surface area contributed by atoms with E-state index in [0.29, 0.717) is 6.42 Å². The Morgan fingerprint density at radius 2 is 2.36 bits per heavy atom. The van der Waals surface area contributed by atoms with Crippen molar-refractivity contribution in [2.45, 2.75) is 13.3 Å². The van der Waals surface area contributed by atoms with Crippen LogP contribution in [-0.2, 0) is 11.2 Å². The summed E-state index contributed by atoms with van der Waals surface area (Å²) in [4.78, 5) is 14.8. The van der Waals surface area contributed by atoms with E-state index in [1.54, 1.807) is 11.3 Å². The lowest BCUT2D eigenvalue weighted by molar-refractivity contribution is -0.107. The molecule has 1 aromatic carbocycles. The molecule has 72 valence electrons. The molecule has 2 aromatic rings. The lowest BCUT2D eigenvalue weighted by Crippen LogP contribution is -1.87. The Bertz CT molecular complexity index is 492. The van der Waals surface area contributed by atoms with Crippen molar-refractivity contribution in [2.75, 3.05) is 0 Å². The molecule has 0 fully saturated rings. The van der Waals surface area contributed by atoms with Crippen molar-refractivity contribution in [3.8, 4) is 0 Å². The first-order valence-corrected chi connectivity index (χ1v) is 5.81. The number of hydrogen-bond donors (Lipinski definition) is 0. The van der Waals surface area contributed by atoms with Crippen LogP contribution < -0.4 is 0 Å². The highest BCUT2D eigenvalue weighted by Crippen LogP contribution is 2.28. The zero-order chi connectivity index (χ0) is 10.1. The van der Waals surface area contributed by atoms with E-state index >= 15 is 0 Å². The third kappa shape index (κ3) is 1.72. The number of hydrogen-bond acceptors (Lipinski definition) is 3. The zero-order valence-electron chi connectivity index (χ0n) is 7.58. The highest BCUT2D eigenvalue weighted by atomic mass is 79.9. The van der Waals surface area contributed by atoms with E-state index in [2.05, 4.69) is 20.9 Å². The number of benzene rings is 1. The lowest BCUT2D eigenvalue weighted by Gasteiger charge is -1.98. The summed E-state index contributed by atoms with van der Waals surface area (Å²) < 4.78 is 2.14. The van der Waals surface area contributed by atoms with Gasteiger partial charge in [0.05, 0.1) is 15.2 Å². The molecule has 2 nitrogen and oxygen atoms in total. The van der Waals surface area contributed by atoms with Crippen LogP contribution in [0.25, 0.3) is 10.2 Å². The summed E-state index contributed by atoms with van der Waals surface area (Å²) in [5, 5.41) is 1.05. The lowest BCUT2D eigenvalue weighted by atomic mass is 10.1. The quantitative estimate of drug-likeness (QED) is 0.785. The van der Waals surface area contributed by atoms with E-state index in [9.17, 15) is 4.79 Å². The van der Waals surface area contributed by atoms with Crippen LogP contribution in [0.3, 0.4) is 0 Å². The molecular formula is C10H8BrNOS. The highest BCUT2D eigenvalue weighted by Gasteiger charge is 2.05. The maximum Gasteiger partial charge on any atom is 0.124 e. The second-order valence-electron chi connectivity index (χ2n) is 3.02. The van der Waals surface area contributed by atoms with Crippen LogP contribution in [0.1, 0.15) is 10.6 Å². The molecule has 4 heteroatoms. The second kappa shape index (κ2) is 3.79. The van der Waals surface area contributed by atoms with Crippen molar-refractivity contribution in [2.24, 2.45) is 0 Å². The van der Waals surface area contributed by atoms with Crippen molar-refractivity contribution >= 4 is 43.8 Å². The minimum atomic E-state index is 0.438. The first kappa shape index (κ1) is 9.80. The number of aryl methyl sites for hydroxylation is 1. The first-order chi connectivity index (χ1) is 6.70. The molecule has 0 N–H and O–H groups in total. The molecule has 2 rings (SSSR count). The van der Waals surface area contributed by atoms with E-state index in [1.807, 2.05) is 19.1 Å². The number of nitrogens with zero attached hydrogens (tertiary/aromatic N) is 1. The summed E-state index contributed by atoms with van der Waals surface area (Å²) in [7, 11) is 0. The highest BCUT2D eigenvalue weighted by molar-refractivity contribution is 9.10. The summed E-state index contributed by atoms with van der Waals surface area (Å²) in [5.74, 6) is 0. The molecule has 0 aliphatic carbocycles. The van der Waals surface area contributed by atoms with E-state index in [-0.39, 0.29) is 0 Å². The molecule has 0 amide bonds. The number of carbonyl (C=O) groups is 1. The molecule has 0 radical (unpaired) electrons. The Labute approximate surface area is 94.1 Å². The number of aromatic nitrogens is 1. The van der Waals surface area contributed by atoms with E-state index in [4.69, 9.17) is 0 Å². The van der Waals surface area contributed by atoms with Crippen LogP contribution in [-0.4, -0.2) is 11.3 Å². The summed E-state index contributed by atoms with van der Waals surface area (Å²) in [6.07, 6.45) is 1.35. The van der Waals surface area contributed by atoms with Crippen LogP contribution in [0.5, 0.6) is 0 Å². The number of rotatable bonds is 2. The van der Waals surface area contributed by atoms with Crippen LogP contribution >= 0.6 is 27.3 Å². The molecule has 0 aliphatic rings. The number of aldehydes is 1. The number of carbonyl (C=O) groups excluding carboxylic acids is 1. The maximum absolute atomic E-state index is 10.4. The zero-order valence-corrected chi connectivity index (χ0v) is 9.98. The fourth-order valence-electron chi connectivity index (χ4n) is 1.35. The molecule has 0 spiro atoms. The van der Waals surface area contributed by atoms with E-state index in [1.165, 1.54) is 0 Å². The normalized spacial score (nSPS) is 10.7. The van der Waals surface area contributed by atoms with Gasteiger partial charge in [-0.25, -0.2) is 4.98 Å². The van der Waals surface area contributed by atoms with Crippen molar-refractivity contribution in [3.05, 3.63) is 27.2 Å². The predicted molar refractivity (Wildman–Crippen MR) is 61.8 cm³/mol. The largest absolute Gasteiger partial charge is 0.303 e. The maximum atomic E-state index is 10.4. The Kier molecular flexibility index (Phi) is 2.65. The molecule has 0 saturated heterocycles. The first-order valence-electron chi connectivity index (χ1n) is 4.20. The number of halogens is 1. The summed E-state index contributed by atoms with van der Waals surface area (Å²) in [5.41, 5.74) is 1.98. The molecule has 0 unspecified atom stereocenters. The molecular weight excluding hydrogens is 262 g/mol. The fraction of sp³-hybridized carbons (Fsp3) is 0.200. The van der Waals surface area contributed by atoms with Gasteiger partial charge in [0.1, 0.15) is 6.29 Å². The van der Waals surface area contributed by atoms with Gasteiger partial charge >= 0.3 is 0 Å². The number of thiazole rings is 1. The van der Waals surface area contributed by atoms with Crippen molar-refractivity contribution < 1.29 is 4.79 Å². The van der Waals surface area contributed by atoms with Crippen LogP contribution in [0, 0.1) is 6.92 Å². The third-order valence-corrected chi connectivity index (χ3v) is 3.64. The average Bonchev–Trinajstić information content (AvgIpc) is 2.45. The monoisotopic (exact) mass is 269 g/mol. The molecule has 0 bridgehead atoms. The Morgan fingerprint density at radius 1 is 1.57 bits per heavy atom. The van der Waals surface area contributed by atoms with Gasteiger partial charge in [-0.1, -0.05) is 15.9 Å². The fourth-order valence-corrected chi connectivity index (χ4v) is 2.86. The third-order valence-electron chi connectivity index (χ3n) is 1.97. The van der Waals surface area contributed by atoms with Crippen LogP contribution in [0.4, 0.5) is 0 Å². The molecule has 0 saturated carbocycles. The minimum Gasteiger partial charge on any atom is -0.303 e. The Morgan fingerprint density at radius 3 is 3.07 bits per heavy atom. The standard InChI is InChI=1S/C10H8BrNOS/c1-6-12-9-4-7(2-3-13)8(11)5-10(9)14-6/h3-5H,2H2,1H3. The van der Waals surface area contributed by atoms with Gasteiger partial charge < -0.3 is 4.79 Å². The van der Waals surface area contributed by atoms with Crippen molar-refractivity contribution in [1.29, 1.82) is 0 Å². The van der Waals surface area contributed by atoms with Crippen LogP contribution in [0.15, 0.2) is 16.6 Å². The Hall–Kier alpha value is -0.740. The van der Waals surface area contributed by atoms with Gasteiger partial charge in [-0.15, -0.1) is 11.3 Å². The SMILES string of the molecule is Cc1nc2cc(CC=O)c(Br)cc2s1. The minimum absolute atomic E-state index is 0.438. The molecule has 0 atom stereocenters. The van der Waals surface area contributed by atoms with Gasteiger partial charge in [-0.05, 0) is 24.6 Å². The Balaban J connectivity index is 2.63. The van der Waals surface area contributed by atoms with Gasteiger partial charge in [0.15, 0.2) is 0 Å². The molecule has 14 heavy (non-hydrogen) atoms. The second-order valence-corrected chi connectivity index (χ2v) is 5.10. The summed E-state index contributed by atoms with van der Waals surface area (Å²) in [6.45, 7) is 1.98. The van der Waals surface area contributed by atoms with E-state index in [0.717, 1.165) is 31.5 Å². The van der Waals surface area contributed by atoms with Gasteiger partial charge in [0.2, 0.25) is 0 Å². The topological polar surface area (TPSA) is 30.0 Å². The molecule has 1 aromatic heterocycles. The average molecular weight is 270 g/mol. The van der Waals surface area contributed by atoms with Gasteiger partial charge in [0.25, 0.3) is 0 Å². The smallest absolute Gasteiger partial charge is 0.124 e. The van der Waals surface area contributed by atoms with Gasteiger partial charge in [0, 0.05) is 10.9 Å². The van der Waals surface area contributed by atoms with Gasteiger partial charge in [-0.3, -0.25) is 0 Å².